The first-order valence-corrected chi connectivity index (χ1v) is 10.5. The zero-order valence-electron chi connectivity index (χ0n) is 16.6. The van der Waals surface area contributed by atoms with E-state index in [0.717, 1.165) is 55.8 Å². The van der Waals surface area contributed by atoms with E-state index in [1.54, 1.807) is 7.11 Å². The summed E-state index contributed by atoms with van der Waals surface area (Å²) in [4.78, 5) is 20.0. The van der Waals surface area contributed by atoms with Crippen molar-refractivity contribution in [1.82, 2.24) is 10.4 Å². The number of benzene rings is 1. The van der Waals surface area contributed by atoms with E-state index in [1.165, 1.54) is 19.3 Å². The molecule has 3 aliphatic rings. The number of ether oxygens (including phenoxy) is 2. The molecule has 1 atom stereocenters. The molecule has 6 heteroatoms. The molecule has 0 aromatic heterocycles. The van der Waals surface area contributed by atoms with Gasteiger partial charge in [0, 0.05) is 13.1 Å². The largest absolute Gasteiger partial charge is 0.493 e. The van der Waals surface area contributed by atoms with Crippen molar-refractivity contribution < 1.29 is 19.1 Å². The topological polar surface area (TPSA) is 60.0 Å². The van der Waals surface area contributed by atoms with E-state index < -0.39 is 0 Å². The highest BCUT2D eigenvalue weighted by Crippen LogP contribution is 2.35. The highest BCUT2D eigenvalue weighted by molar-refractivity contribution is 5.78. The van der Waals surface area contributed by atoms with Gasteiger partial charge in [-0.3, -0.25) is 4.79 Å². The van der Waals surface area contributed by atoms with Gasteiger partial charge in [-0.25, -0.2) is 0 Å². The van der Waals surface area contributed by atoms with Crippen LogP contribution in [0.4, 0.5) is 0 Å². The first-order valence-electron chi connectivity index (χ1n) is 10.5. The molecule has 1 amide bonds. The molecule has 4 rings (SSSR count). The Labute approximate surface area is 166 Å². The monoisotopic (exact) mass is 386 g/mol. The molecule has 1 unspecified atom stereocenters. The average Bonchev–Trinajstić information content (AvgIpc) is 3.41. The Morgan fingerprint density at radius 3 is 2.68 bits per heavy atom. The third-order valence-electron chi connectivity index (χ3n) is 5.85. The third-order valence-corrected chi connectivity index (χ3v) is 5.85. The maximum absolute atomic E-state index is 12.5. The Morgan fingerprint density at radius 1 is 1.14 bits per heavy atom. The SMILES string of the molecule is COc1ccc(C2C=C(CC(=O)N3CCCCC3)ON2)cc1OC1CCCC1. The van der Waals surface area contributed by atoms with E-state index in [2.05, 4.69) is 5.48 Å². The molecule has 6 nitrogen and oxygen atoms in total. The van der Waals surface area contributed by atoms with Crippen LogP contribution in [0.15, 0.2) is 30.0 Å². The Kier molecular flexibility index (Phi) is 6.05. The van der Waals surface area contributed by atoms with E-state index in [9.17, 15) is 4.79 Å². The second kappa shape index (κ2) is 8.86. The lowest BCUT2D eigenvalue weighted by Gasteiger charge is -2.26. The molecule has 1 saturated heterocycles. The summed E-state index contributed by atoms with van der Waals surface area (Å²) in [6.07, 6.45) is 10.6. The molecule has 1 aliphatic carbocycles. The van der Waals surface area contributed by atoms with Gasteiger partial charge in [-0.2, -0.15) is 0 Å². The molecule has 28 heavy (non-hydrogen) atoms. The molecular weight excluding hydrogens is 356 g/mol. The second-order valence-corrected chi connectivity index (χ2v) is 7.88. The van der Waals surface area contributed by atoms with Gasteiger partial charge in [-0.15, -0.1) is 5.48 Å². The van der Waals surface area contributed by atoms with E-state index in [1.807, 2.05) is 29.2 Å². The fraction of sp³-hybridized carbons (Fsp3) is 0.591. The van der Waals surface area contributed by atoms with Crippen LogP contribution in [-0.2, 0) is 9.63 Å². The van der Waals surface area contributed by atoms with Crippen LogP contribution in [0.5, 0.6) is 11.5 Å². The lowest BCUT2D eigenvalue weighted by Crippen LogP contribution is -2.35. The quantitative estimate of drug-likeness (QED) is 0.804. The number of hydrogen-bond donors (Lipinski definition) is 1. The van der Waals surface area contributed by atoms with Gasteiger partial charge >= 0.3 is 0 Å². The lowest BCUT2D eigenvalue weighted by atomic mass is 10.1. The fourth-order valence-corrected chi connectivity index (χ4v) is 4.22. The molecule has 1 saturated carbocycles. The number of nitrogens with zero attached hydrogens (tertiary/aromatic N) is 1. The van der Waals surface area contributed by atoms with Gasteiger partial charge in [-0.1, -0.05) is 6.07 Å². The van der Waals surface area contributed by atoms with Crippen LogP contribution in [0.25, 0.3) is 0 Å². The van der Waals surface area contributed by atoms with Gasteiger partial charge in [0.05, 0.1) is 25.7 Å². The van der Waals surface area contributed by atoms with Crippen LogP contribution in [-0.4, -0.2) is 37.1 Å². The van der Waals surface area contributed by atoms with Crippen molar-refractivity contribution in [3.8, 4) is 11.5 Å². The molecule has 2 aliphatic heterocycles. The third kappa shape index (κ3) is 4.43. The highest BCUT2D eigenvalue weighted by atomic mass is 16.7. The summed E-state index contributed by atoms with van der Waals surface area (Å²) in [5, 5.41) is 0. The maximum atomic E-state index is 12.5. The molecule has 1 N–H and O–H groups in total. The van der Waals surface area contributed by atoms with E-state index in [0.29, 0.717) is 12.2 Å². The van der Waals surface area contributed by atoms with Gasteiger partial charge in [0.1, 0.15) is 5.76 Å². The molecule has 0 radical (unpaired) electrons. The van der Waals surface area contributed by atoms with E-state index in [4.69, 9.17) is 14.3 Å². The Bertz CT molecular complexity index is 721. The van der Waals surface area contributed by atoms with Gasteiger partial charge < -0.3 is 19.2 Å². The minimum absolute atomic E-state index is 0.0963. The summed E-state index contributed by atoms with van der Waals surface area (Å²) >= 11 is 0. The summed E-state index contributed by atoms with van der Waals surface area (Å²) < 4.78 is 11.7. The van der Waals surface area contributed by atoms with Crippen molar-refractivity contribution in [2.75, 3.05) is 20.2 Å². The van der Waals surface area contributed by atoms with Crippen LogP contribution in [0.2, 0.25) is 0 Å². The highest BCUT2D eigenvalue weighted by Gasteiger charge is 2.25. The minimum Gasteiger partial charge on any atom is -0.493 e. The molecule has 2 heterocycles. The molecule has 1 aromatic carbocycles. The van der Waals surface area contributed by atoms with Crippen LogP contribution < -0.4 is 15.0 Å². The Hall–Kier alpha value is -2.21. The molecular formula is C22H30N2O4. The molecule has 0 spiro atoms. The Balaban J connectivity index is 1.42. The van der Waals surface area contributed by atoms with Gasteiger partial charge in [0.15, 0.2) is 11.5 Å². The predicted molar refractivity (Wildman–Crippen MR) is 106 cm³/mol. The van der Waals surface area contributed by atoms with E-state index >= 15 is 0 Å². The number of amides is 1. The fourth-order valence-electron chi connectivity index (χ4n) is 4.22. The zero-order chi connectivity index (χ0) is 19.3. The number of hydroxylamine groups is 1. The molecule has 2 fully saturated rings. The van der Waals surface area contributed by atoms with Crippen molar-refractivity contribution in [2.24, 2.45) is 0 Å². The van der Waals surface area contributed by atoms with Crippen LogP contribution >= 0.6 is 0 Å². The number of hydrogen-bond acceptors (Lipinski definition) is 5. The first kappa shape index (κ1) is 19.1. The lowest BCUT2D eigenvalue weighted by molar-refractivity contribution is -0.132. The van der Waals surface area contributed by atoms with Crippen molar-refractivity contribution >= 4 is 5.91 Å². The number of carbonyl (C=O) groups excluding carboxylic acids is 1. The molecule has 0 bridgehead atoms. The summed E-state index contributed by atoms with van der Waals surface area (Å²) in [6.45, 7) is 1.73. The number of likely N-dealkylation sites (tertiary alicyclic amines) is 1. The average molecular weight is 386 g/mol. The normalized spacial score (nSPS) is 22.7. The van der Waals surface area contributed by atoms with Gasteiger partial charge in [0.25, 0.3) is 0 Å². The minimum atomic E-state index is -0.0963. The summed E-state index contributed by atoms with van der Waals surface area (Å²) in [5.74, 6) is 2.36. The summed E-state index contributed by atoms with van der Waals surface area (Å²) in [7, 11) is 1.66. The number of carbonyl (C=O) groups is 1. The van der Waals surface area contributed by atoms with Crippen molar-refractivity contribution in [2.45, 2.75) is 63.5 Å². The molecule has 1 aromatic rings. The molecule has 152 valence electrons. The van der Waals surface area contributed by atoms with Crippen molar-refractivity contribution in [3.05, 3.63) is 35.6 Å². The van der Waals surface area contributed by atoms with Gasteiger partial charge in [-0.05, 0) is 68.7 Å². The summed E-state index contributed by atoms with van der Waals surface area (Å²) in [5.41, 5.74) is 4.07. The number of piperidine rings is 1. The zero-order valence-corrected chi connectivity index (χ0v) is 16.6. The van der Waals surface area contributed by atoms with Crippen molar-refractivity contribution in [1.29, 1.82) is 0 Å². The standard InChI is InChI=1S/C22H30N2O4/c1-26-20-10-9-16(13-21(20)27-17-7-3-4-8-17)19-14-18(28-23-19)15-22(25)24-11-5-2-6-12-24/h9-10,13-14,17,19,23H,2-8,11-12,15H2,1H3. The number of methoxy groups -OCH3 is 1. The first-order chi connectivity index (χ1) is 13.7. The van der Waals surface area contributed by atoms with Crippen molar-refractivity contribution in [3.63, 3.8) is 0 Å². The van der Waals surface area contributed by atoms with E-state index in [-0.39, 0.29) is 18.1 Å². The second-order valence-electron chi connectivity index (χ2n) is 7.88. The summed E-state index contributed by atoms with van der Waals surface area (Å²) in [6, 6.07) is 5.87. The predicted octanol–water partition coefficient (Wildman–Crippen LogP) is 3.88. The van der Waals surface area contributed by atoms with Gasteiger partial charge in [0.2, 0.25) is 5.91 Å². The van der Waals surface area contributed by atoms with Crippen LogP contribution in [0.3, 0.4) is 0 Å². The Morgan fingerprint density at radius 2 is 1.93 bits per heavy atom. The van der Waals surface area contributed by atoms with Crippen LogP contribution in [0, 0.1) is 0 Å². The number of nitrogens with one attached hydrogen (secondary N) is 1. The smallest absolute Gasteiger partial charge is 0.230 e. The number of rotatable bonds is 6. The maximum Gasteiger partial charge on any atom is 0.230 e. The van der Waals surface area contributed by atoms with Crippen LogP contribution in [0.1, 0.15) is 63.0 Å².